The van der Waals surface area contributed by atoms with Crippen LogP contribution in [0.25, 0.3) is 11.1 Å². The van der Waals surface area contributed by atoms with Crippen LogP contribution in [-0.4, -0.2) is 0 Å². The smallest absolute Gasteiger partial charge is 0.0210 e. The van der Waals surface area contributed by atoms with Gasteiger partial charge in [0, 0.05) is 8.04 Å². The van der Waals surface area contributed by atoms with Gasteiger partial charge in [0.05, 0.1) is 0 Å². The lowest BCUT2D eigenvalue weighted by Gasteiger charge is -2.15. The summed E-state index contributed by atoms with van der Waals surface area (Å²) in [6, 6.07) is 13.9. The Morgan fingerprint density at radius 1 is 0.731 bits per heavy atom. The van der Waals surface area contributed by atoms with E-state index in [0.29, 0.717) is 0 Å². The third kappa shape index (κ3) is 6.99. The first-order valence-electron chi connectivity index (χ1n) is 10.2. The normalized spacial score (nSPS) is 11.1. The van der Waals surface area contributed by atoms with Crippen molar-refractivity contribution in [2.75, 3.05) is 0 Å². The van der Waals surface area contributed by atoms with E-state index in [-0.39, 0.29) is 0 Å². The summed E-state index contributed by atoms with van der Waals surface area (Å²) in [7, 11) is 0. The molecule has 26 heavy (non-hydrogen) atoms. The summed E-state index contributed by atoms with van der Waals surface area (Å²) in [6.45, 7) is 4.55. The van der Waals surface area contributed by atoms with Gasteiger partial charge >= 0.3 is 0 Å². The Kier molecular flexibility index (Phi) is 10.3. The van der Waals surface area contributed by atoms with Crippen LogP contribution in [0, 0.1) is 3.57 Å². The van der Waals surface area contributed by atoms with Crippen molar-refractivity contribution < 1.29 is 0 Å². The van der Waals surface area contributed by atoms with E-state index >= 15 is 0 Å². The highest BCUT2D eigenvalue weighted by Crippen LogP contribution is 2.32. The van der Waals surface area contributed by atoms with Crippen LogP contribution >= 0.6 is 38.5 Å². The standard InChI is InChI=1S/C24H32BrI/c1-3-5-7-9-11-20-18-24(25)21(12-10-8-6-4-2)17-23(20)19-13-15-22(26)16-14-19/h13-18H,3-12H2,1-2H3. The van der Waals surface area contributed by atoms with Crippen LogP contribution in [0.1, 0.15) is 76.3 Å². The Bertz CT molecular complexity index is 661. The zero-order valence-electron chi connectivity index (χ0n) is 16.3. The minimum Gasteiger partial charge on any atom is -0.0654 e. The van der Waals surface area contributed by atoms with Gasteiger partial charge in [-0.3, -0.25) is 0 Å². The van der Waals surface area contributed by atoms with Crippen molar-refractivity contribution in [1.82, 2.24) is 0 Å². The molecule has 0 bridgehead atoms. The Morgan fingerprint density at radius 3 is 1.88 bits per heavy atom. The molecule has 2 aromatic carbocycles. The fourth-order valence-corrected chi connectivity index (χ4v) is 4.39. The highest BCUT2D eigenvalue weighted by Gasteiger charge is 2.11. The molecule has 0 saturated heterocycles. The van der Waals surface area contributed by atoms with Gasteiger partial charge in [0.2, 0.25) is 0 Å². The highest BCUT2D eigenvalue weighted by atomic mass is 127. The number of unbranched alkanes of at least 4 members (excludes halogenated alkanes) is 6. The van der Waals surface area contributed by atoms with Crippen molar-refractivity contribution in [3.05, 3.63) is 55.6 Å². The van der Waals surface area contributed by atoms with E-state index in [1.165, 1.54) is 94.5 Å². The Hall–Kier alpha value is -0.350. The number of benzene rings is 2. The molecule has 0 aliphatic rings. The number of hydrogen-bond acceptors (Lipinski definition) is 0. The molecular weight excluding hydrogens is 495 g/mol. The molecule has 0 saturated carbocycles. The molecule has 2 aromatic rings. The first-order valence-corrected chi connectivity index (χ1v) is 12.1. The van der Waals surface area contributed by atoms with Crippen molar-refractivity contribution in [2.24, 2.45) is 0 Å². The number of aryl methyl sites for hydroxylation is 2. The fraction of sp³-hybridized carbons (Fsp3) is 0.500. The molecule has 0 fully saturated rings. The number of rotatable bonds is 11. The van der Waals surface area contributed by atoms with Gasteiger partial charge in [-0.05, 0) is 94.8 Å². The predicted octanol–water partition coefficient (Wildman–Crippen LogP) is 8.97. The maximum atomic E-state index is 3.86. The lowest BCUT2D eigenvalue weighted by Crippen LogP contribution is -1.96. The molecule has 0 amide bonds. The zero-order chi connectivity index (χ0) is 18.8. The topological polar surface area (TPSA) is 0 Å². The molecule has 0 spiro atoms. The summed E-state index contributed by atoms with van der Waals surface area (Å²) in [4.78, 5) is 0. The van der Waals surface area contributed by atoms with Gasteiger partial charge in [0.25, 0.3) is 0 Å². The number of hydrogen-bond donors (Lipinski definition) is 0. The van der Waals surface area contributed by atoms with Crippen LogP contribution in [0.15, 0.2) is 40.9 Å². The molecule has 0 N–H and O–H groups in total. The van der Waals surface area contributed by atoms with E-state index in [2.05, 4.69) is 88.8 Å². The summed E-state index contributed by atoms with van der Waals surface area (Å²) in [5, 5.41) is 0. The van der Waals surface area contributed by atoms with E-state index < -0.39 is 0 Å². The van der Waals surface area contributed by atoms with Gasteiger partial charge < -0.3 is 0 Å². The first kappa shape index (κ1) is 21.9. The monoisotopic (exact) mass is 526 g/mol. The van der Waals surface area contributed by atoms with E-state index in [0.717, 1.165) is 0 Å². The molecule has 0 aromatic heterocycles. The second kappa shape index (κ2) is 12.2. The van der Waals surface area contributed by atoms with Gasteiger partial charge in [-0.2, -0.15) is 0 Å². The van der Waals surface area contributed by atoms with E-state index in [1.54, 1.807) is 0 Å². The molecule has 0 heterocycles. The minimum atomic E-state index is 1.17. The Morgan fingerprint density at radius 2 is 1.31 bits per heavy atom. The van der Waals surface area contributed by atoms with Crippen molar-refractivity contribution in [3.8, 4) is 11.1 Å². The molecule has 2 rings (SSSR count). The van der Waals surface area contributed by atoms with Crippen molar-refractivity contribution in [3.63, 3.8) is 0 Å². The summed E-state index contributed by atoms with van der Waals surface area (Å²) >= 11 is 6.24. The maximum absolute atomic E-state index is 3.86. The first-order chi connectivity index (χ1) is 12.7. The van der Waals surface area contributed by atoms with Crippen LogP contribution in [0.4, 0.5) is 0 Å². The van der Waals surface area contributed by atoms with Gasteiger partial charge in [-0.1, -0.05) is 80.4 Å². The predicted molar refractivity (Wildman–Crippen MR) is 128 cm³/mol. The Labute approximate surface area is 182 Å². The third-order valence-corrected chi connectivity index (χ3v) is 6.48. The SMILES string of the molecule is CCCCCCc1cc(-c2ccc(I)cc2)c(CCCCCC)cc1Br. The lowest BCUT2D eigenvalue weighted by molar-refractivity contribution is 0.663. The van der Waals surface area contributed by atoms with Gasteiger partial charge in [-0.25, -0.2) is 0 Å². The maximum Gasteiger partial charge on any atom is 0.0210 e. The average Bonchev–Trinajstić information content (AvgIpc) is 2.64. The second-order valence-corrected chi connectivity index (χ2v) is 9.33. The molecule has 0 unspecified atom stereocenters. The van der Waals surface area contributed by atoms with Crippen molar-refractivity contribution in [1.29, 1.82) is 0 Å². The second-order valence-electron chi connectivity index (χ2n) is 7.23. The molecular formula is C24H32BrI. The molecule has 0 aliphatic carbocycles. The van der Waals surface area contributed by atoms with Crippen LogP contribution < -0.4 is 0 Å². The van der Waals surface area contributed by atoms with Gasteiger partial charge in [0.1, 0.15) is 0 Å². The van der Waals surface area contributed by atoms with E-state index in [9.17, 15) is 0 Å². The summed E-state index contributed by atoms with van der Waals surface area (Å²) in [5.41, 5.74) is 5.75. The van der Waals surface area contributed by atoms with Crippen LogP contribution in [-0.2, 0) is 12.8 Å². The zero-order valence-corrected chi connectivity index (χ0v) is 20.0. The van der Waals surface area contributed by atoms with Crippen molar-refractivity contribution in [2.45, 2.75) is 78.1 Å². The summed E-state index contributed by atoms with van der Waals surface area (Å²) in [5.74, 6) is 0. The van der Waals surface area contributed by atoms with Crippen LogP contribution in [0.5, 0.6) is 0 Å². The third-order valence-electron chi connectivity index (χ3n) is 5.03. The van der Waals surface area contributed by atoms with Crippen LogP contribution in [0.2, 0.25) is 0 Å². The van der Waals surface area contributed by atoms with Crippen LogP contribution in [0.3, 0.4) is 0 Å². The highest BCUT2D eigenvalue weighted by molar-refractivity contribution is 14.1. The molecule has 142 valence electrons. The number of halogens is 2. The van der Waals surface area contributed by atoms with Crippen molar-refractivity contribution >= 4 is 38.5 Å². The quantitative estimate of drug-likeness (QED) is 0.202. The molecule has 0 atom stereocenters. The Balaban J connectivity index is 2.24. The molecule has 2 heteroatoms. The molecule has 0 aliphatic heterocycles. The summed E-state index contributed by atoms with van der Waals surface area (Å²) < 4.78 is 2.60. The minimum absolute atomic E-state index is 1.17. The lowest BCUT2D eigenvalue weighted by atomic mass is 9.92. The molecule has 0 nitrogen and oxygen atoms in total. The van der Waals surface area contributed by atoms with E-state index in [4.69, 9.17) is 0 Å². The average molecular weight is 527 g/mol. The van der Waals surface area contributed by atoms with Gasteiger partial charge in [0.15, 0.2) is 0 Å². The fourth-order valence-electron chi connectivity index (χ4n) is 3.44. The summed E-state index contributed by atoms with van der Waals surface area (Å²) in [6.07, 6.45) is 12.9. The molecule has 0 radical (unpaired) electrons. The largest absolute Gasteiger partial charge is 0.0654 e. The van der Waals surface area contributed by atoms with Gasteiger partial charge in [-0.15, -0.1) is 0 Å². The van der Waals surface area contributed by atoms with E-state index in [1.807, 2.05) is 0 Å².